The van der Waals surface area contributed by atoms with Crippen molar-refractivity contribution in [3.63, 3.8) is 0 Å². The smallest absolute Gasteiger partial charge is 0.251 e. The highest BCUT2D eigenvalue weighted by molar-refractivity contribution is 7.18. The van der Waals surface area contributed by atoms with Gasteiger partial charge in [-0.05, 0) is 24.6 Å². The molecule has 1 fully saturated rings. The van der Waals surface area contributed by atoms with Gasteiger partial charge in [0.05, 0.1) is 24.2 Å². The Morgan fingerprint density at radius 1 is 1.12 bits per heavy atom. The minimum Gasteiger partial charge on any atom is -0.378 e. The SMILES string of the molecule is Nc1ncc(-c2nc(N3CCOCC3)c3cc(CCNC(=O)c4ccccc4)sc3n2)cn1. The van der Waals surface area contributed by atoms with E-state index in [1.807, 2.05) is 18.2 Å². The molecule has 3 N–H and O–H groups in total. The summed E-state index contributed by atoms with van der Waals surface area (Å²) in [6.45, 7) is 3.40. The van der Waals surface area contributed by atoms with Crippen molar-refractivity contribution in [1.29, 1.82) is 0 Å². The average Bonchev–Trinajstić information content (AvgIpc) is 3.27. The molecule has 1 saturated heterocycles. The van der Waals surface area contributed by atoms with Gasteiger partial charge in [-0.25, -0.2) is 19.9 Å². The third-order valence-corrected chi connectivity index (χ3v) is 6.45. The van der Waals surface area contributed by atoms with Gasteiger partial charge < -0.3 is 20.7 Å². The monoisotopic (exact) mass is 461 g/mol. The lowest BCUT2D eigenvalue weighted by molar-refractivity contribution is 0.0954. The zero-order valence-corrected chi connectivity index (χ0v) is 18.7. The number of benzene rings is 1. The highest BCUT2D eigenvalue weighted by Gasteiger charge is 2.20. The maximum atomic E-state index is 12.3. The third-order valence-electron chi connectivity index (χ3n) is 5.36. The molecule has 1 aromatic carbocycles. The van der Waals surface area contributed by atoms with Crippen LogP contribution in [0, 0.1) is 0 Å². The van der Waals surface area contributed by atoms with Gasteiger partial charge in [0.2, 0.25) is 5.95 Å². The number of ether oxygens (including phenoxy) is 1. The van der Waals surface area contributed by atoms with Gasteiger partial charge in [-0.2, -0.15) is 0 Å². The van der Waals surface area contributed by atoms with Gasteiger partial charge in [0.1, 0.15) is 10.6 Å². The molecule has 3 aromatic heterocycles. The van der Waals surface area contributed by atoms with E-state index in [4.69, 9.17) is 20.4 Å². The number of morpholine rings is 1. The van der Waals surface area contributed by atoms with E-state index in [0.717, 1.165) is 34.0 Å². The van der Waals surface area contributed by atoms with Crippen LogP contribution in [0.4, 0.5) is 11.8 Å². The van der Waals surface area contributed by atoms with E-state index in [2.05, 4.69) is 26.3 Å². The highest BCUT2D eigenvalue weighted by Crippen LogP contribution is 2.33. The van der Waals surface area contributed by atoms with Crippen LogP contribution in [0.25, 0.3) is 21.6 Å². The third kappa shape index (κ3) is 4.76. The first-order valence-electron chi connectivity index (χ1n) is 10.7. The van der Waals surface area contributed by atoms with E-state index in [-0.39, 0.29) is 11.9 Å². The number of amides is 1. The standard InChI is InChI=1S/C23H23N7O2S/c24-23-26-13-16(14-27-23)19-28-20(30-8-10-32-11-9-30)18-12-17(33-22(18)29-19)6-7-25-21(31)15-4-2-1-3-5-15/h1-5,12-14H,6-11H2,(H,25,31)(H2,24,26,27). The van der Waals surface area contributed by atoms with E-state index < -0.39 is 0 Å². The topological polar surface area (TPSA) is 119 Å². The molecule has 4 aromatic rings. The number of carbonyl (C=O) groups excluding carboxylic acids is 1. The minimum atomic E-state index is -0.0730. The fraction of sp³-hybridized carbons (Fsp3) is 0.261. The summed E-state index contributed by atoms with van der Waals surface area (Å²) in [6.07, 6.45) is 3.99. The van der Waals surface area contributed by atoms with E-state index in [9.17, 15) is 4.79 Å². The molecule has 5 rings (SSSR count). The second-order valence-corrected chi connectivity index (χ2v) is 8.72. The normalized spacial score (nSPS) is 13.9. The van der Waals surface area contributed by atoms with Crippen molar-refractivity contribution in [3.8, 4) is 11.4 Å². The van der Waals surface area contributed by atoms with Gasteiger partial charge in [-0.3, -0.25) is 4.79 Å². The number of nitrogens with one attached hydrogen (secondary N) is 1. The lowest BCUT2D eigenvalue weighted by atomic mass is 10.2. The number of carbonyl (C=O) groups is 1. The Bertz CT molecular complexity index is 1260. The molecule has 1 amide bonds. The molecule has 0 aliphatic carbocycles. The first kappa shape index (κ1) is 21.2. The summed E-state index contributed by atoms with van der Waals surface area (Å²) in [5, 5.41) is 3.99. The number of rotatable bonds is 6. The van der Waals surface area contributed by atoms with Crippen molar-refractivity contribution in [2.75, 3.05) is 43.5 Å². The zero-order valence-electron chi connectivity index (χ0n) is 17.9. The molecule has 168 valence electrons. The van der Waals surface area contributed by atoms with Crippen LogP contribution in [0.1, 0.15) is 15.2 Å². The van der Waals surface area contributed by atoms with Crippen molar-refractivity contribution in [1.82, 2.24) is 25.3 Å². The molecule has 33 heavy (non-hydrogen) atoms. The minimum absolute atomic E-state index is 0.0730. The number of nitrogens with zero attached hydrogens (tertiary/aromatic N) is 5. The van der Waals surface area contributed by atoms with Crippen LogP contribution in [0.15, 0.2) is 48.8 Å². The van der Waals surface area contributed by atoms with Gasteiger partial charge >= 0.3 is 0 Å². The molecule has 0 atom stereocenters. The van der Waals surface area contributed by atoms with Crippen LogP contribution in [0.5, 0.6) is 0 Å². The first-order chi connectivity index (χ1) is 16.2. The molecule has 4 heterocycles. The molecular weight excluding hydrogens is 438 g/mol. The van der Waals surface area contributed by atoms with Gasteiger partial charge in [0, 0.05) is 42.5 Å². The maximum absolute atomic E-state index is 12.3. The number of nitrogens with two attached hydrogens (primary N) is 1. The van der Waals surface area contributed by atoms with Crippen LogP contribution in [0.3, 0.4) is 0 Å². The number of fused-ring (bicyclic) bond motifs is 1. The van der Waals surface area contributed by atoms with Gasteiger partial charge in [-0.15, -0.1) is 11.3 Å². The molecule has 1 aliphatic heterocycles. The van der Waals surface area contributed by atoms with Crippen molar-refractivity contribution in [2.24, 2.45) is 0 Å². The number of aromatic nitrogens is 4. The summed E-state index contributed by atoms with van der Waals surface area (Å²) in [7, 11) is 0. The summed E-state index contributed by atoms with van der Waals surface area (Å²) in [5.41, 5.74) is 7.01. The summed E-state index contributed by atoms with van der Waals surface area (Å²) >= 11 is 1.61. The lowest BCUT2D eigenvalue weighted by Crippen LogP contribution is -2.37. The Hall–Kier alpha value is -3.63. The van der Waals surface area contributed by atoms with Gasteiger partial charge in [0.25, 0.3) is 5.91 Å². The predicted octanol–water partition coefficient (Wildman–Crippen LogP) is 2.54. The molecular formula is C23H23N7O2S. The summed E-state index contributed by atoms with van der Waals surface area (Å²) in [5.74, 6) is 1.58. The van der Waals surface area contributed by atoms with Crippen molar-refractivity contribution in [2.45, 2.75) is 6.42 Å². The first-order valence-corrected chi connectivity index (χ1v) is 11.5. The van der Waals surface area contributed by atoms with E-state index >= 15 is 0 Å². The Morgan fingerprint density at radius 3 is 2.64 bits per heavy atom. The molecule has 9 nitrogen and oxygen atoms in total. The van der Waals surface area contributed by atoms with E-state index in [1.165, 1.54) is 0 Å². The van der Waals surface area contributed by atoms with Gasteiger partial charge in [-0.1, -0.05) is 18.2 Å². The molecule has 0 radical (unpaired) electrons. The maximum Gasteiger partial charge on any atom is 0.251 e. The number of thiophene rings is 1. The summed E-state index contributed by atoms with van der Waals surface area (Å²) < 4.78 is 5.52. The van der Waals surface area contributed by atoms with Crippen molar-refractivity contribution >= 4 is 39.2 Å². The number of hydrogen-bond acceptors (Lipinski definition) is 9. The molecule has 10 heteroatoms. The number of hydrogen-bond donors (Lipinski definition) is 2. The summed E-state index contributed by atoms with van der Waals surface area (Å²) in [4.78, 5) is 34.4. The fourth-order valence-electron chi connectivity index (χ4n) is 3.67. The highest BCUT2D eigenvalue weighted by atomic mass is 32.1. The van der Waals surface area contributed by atoms with Gasteiger partial charge in [0.15, 0.2) is 5.82 Å². The van der Waals surface area contributed by atoms with E-state index in [1.54, 1.807) is 35.9 Å². The molecule has 0 spiro atoms. The predicted molar refractivity (Wildman–Crippen MR) is 128 cm³/mol. The number of anilines is 2. The molecule has 0 saturated carbocycles. The lowest BCUT2D eigenvalue weighted by Gasteiger charge is -2.28. The van der Waals surface area contributed by atoms with E-state index in [0.29, 0.717) is 43.1 Å². The van der Waals surface area contributed by atoms with Crippen LogP contribution in [-0.2, 0) is 11.2 Å². The van der Waals surface area contributed by atoms with Crippen molar-refractivity contribution < 1.29 is 9.53 Å². The van der Waals surface area contributed by atoms with Crippen LogP contribution < -0.4 is 16.0 Å². The summed E-state index contributed by atoms with van der Waals surface area (Å²) in [6, 6.07) is 11.4. The number of nitrogen functional groups attached to an aromatic ring is 1. The molecule has 0 unspecified atom stereocenters. The fourth-order valence-corrected chi connectivity index (χ4v) is 4.69. The molecule has 1 aliphatic rings. The Labute approximate surface area is 194 Å². The Kier molecular flexibility index (Phi) is 6.09. The van der Waals surface area contributed by atoms with Crippen molar-refractivity contribution in [3.05, 3.63) is 59.2 Å². The Balaban J connectivity index is 1.41. The van der Waals surface area contributed by atoms with Crippen LogP contribution >= 0.6 is 11.3 Å². The average molecular weight is 462 g/mol. The second kappa shape index (κ2) is 9.47. The second-order valence-electron chi connectivity index (χ2n) is 7.60. The van der Waals surface area contributed by atoms with Crippen LogP contribution in [0.2, 0.25) is 0 Å². The van der Waals surface area contributed by atoms with Crippen LogP contribution in [-0.4, -0.2) is 58.7 Å². The zero-order chi connectivity index (χ0) is 22.6. The quantitative estimate of drug-likeness (QED) is 0.450. The molecule has 0 bridgehead atoms. The Morgan fingerprint density at radius 2 is 1.88 bits per heavy atom. The largest absolute Gasteiger partial charge is 0.378 e.